The summed E-state index contributed by atoms with van der Waals surface area (Å²) in [5.41, 5.74) is 1.63. The molecule has 2 aliphatic rings. The van der Waals surface area contributed by atoms with Gasteiger partial charge in [-0.15, -0.1) is 0 Å². The molecule has 0 radical (unpaired) electrons. The van der Waals surface area contributed by atoms with Crippen molar-refractivity contribution in [2.75, 3.05) is 6.54 Å². The fourth-order valence-corrected chi connectivity index (χ4v) is 5.08. The van der Waals surface area contributed by atoms with Crippen LogP contribution in [0.2, 0.25) is 0 Å². The number of fused-ring (bicyclic) bond motifs is 1. The number of hydrogen-bond acceptors (Lipinski definition) is 5. The van der Waals surface area contributed by atoms with E-state index in [-0.39, 0.29) is 23.2 Å². The maximum atomic E-state index is 13.5. The van der Waals surface area contributed by atoms with E-state index in [1.165, 1.54) is 6.20 Å². The number of rotatable bonds is 4. The zero-order valence-corrected chi connectivity index (χ0v) is 17.3. The molecular weight excluding hydrogens is 378 g/mol. The molecule has 7 nitrogen and oxygen atoms in total. The molecule has 0 N–H and O–H groups in total. The molecule has 1 unspecified atom stereocenters. The van der Waals surface area contributed by atoms with Crippen LogP contribution in [0.25, 0.3) is 10.9 Å². The van der Waals surface area contributed by atoms with Gasteiger partial charge in [-0.2, -0.15) is 0 Å². The van der Waals surface area contributed by atoms with Crippen LogP contribution in [0, 0.1) is 0 Å². The molecule has 3 aromatic rings. The third-order valence-corrected chi connectivity index (χ3v) is 6.72. The Hall–Kier alpha value is -2.80. The first-order valence-corrected chi connectivity index (χ1v) is 10.9. The van der Waals surface area contributed by atoms with Crippen molar-refractivity contribution >= 4 is 10.9 Å². The highest BCUT2D eigenvalue weighted by molar-refractivity contribution is 5.77. The zero-order valence-electron chi connectivity index (χ0n) is 17.3. The van der Waals surface area contributed by atoms with Crippen molar-refractivity contribution in [3.05, 3.63) is 68.9 Å². The van der Waals surface area contributed by atoms with E-state index < -0.39 is 0 Å². The van der Waals surface area contributed by atoms with Gasteiger partial charge in [0.15, 0.2) is 0 Å². The van der Waals surface area contributed by atoms with E-state index in [4.69, 9.17) is 4.98 Å². The van der Waals surface area contributed by atoms with E-state index in [9.17, 15) is 9.59 Å². The highest BCUT2D eigenvalue weighted by Crippen LogP contribution is 2.36. The second-order valence-electron chi connectivity index (χ2n) is 8.52. The molecule has 0 spiro atoms. The molecule has 1 aromatic carbocycles. The van der Waals surface area contributed by atoms with E-state index in [1.807, 2.05) is 28.8 Å². The summed E-state index contributed by atoms with van der Waals surface area (Å²) in [4.78, 5) is 37.0. The van der Waals surface area contributed by atoms with Crippen molar-refractivity contribution in [3.8, 4) is 0 Å². The van der Waals surface area contributed by atoms with Crippen LogP contribution in [0.5, 0.6) is 0 Å². The average Bonchev–Trinajstić information content (AvgIpc) is 3.43. The van der Waals surface area contributed by atoms with Gasteiger partial charge in [0, 0.05) is 25.8 Å². The number of para-hydroxylation sites is 1. The van der Waals surface area contributed by atoms with Crippen molar-refractivity contribution in [2.45, 2.75) is 57.2 Å². The molecule has 1 atom stereocenters. The fraction of sp³-hybridized carbons (Fsp3) is 0.478. The molecule has 2 aromatic heterocycles. The molecule has 0 amide bonds. The number of benzene rings is 1. The predicted molar refractivity (Wildman–Crippen MR) is 115 cm³/mol. The maximum absolute atomic E-state index is 13.5. The summed E-state index contributed by atoms with van der Waals surface area (Å²) in [5.74, 6) is 0.886. The van der Waals surface area contributed by atoms with Gasteiger partial charge in [0.2, 0.25) is 0 Å². The van der Waals surface area contributed by atoms with Crippen LogP contribution in [-0.4, -0.2) is 30.5 Å². The zero-order chi connectivity index (χ0) is 20.7. The highest BCUT2D eigenvalue weighted by Gasteiger charge is 2.33. The summed E-state index contributed by atoms with van der Waals surface area (Å²) < 4.78 is 3.65. The molecule has 1 saturated heterocycles. The SMILES string of the molecule is Cn1c(CN2CCCC2c2nc3ccccc3c(=O)n2C2CCCC2)cncc1=O. The molecule has 1 saturated carbocycles. The summed E-state index contributed by atoms with van der Waals surface area (Å²) in [6.45, 7) is 1.54. The lowest BCUT2D eigenvalue weighted by Gasteiger charge is -2.29. The molecule has 7 heteroatoms. The Kier molecular flexibility index (Phi) is 4.98. The van der Waals surface area contributed by atoms with E-state index in [2.05, 4.69) is 9.88 Å². The van der Waals surface area contributed by atoms with Crippen molar-refractivity contribution in [3.63, 3.8) is 0 Å². The van der Waals surface area contributed by atoms with Gasteiger partial charge in [-0.3, -0.25) is 24.0 Å². The van der Waals surface area contributed by atoms with Crippen molar-refractivity contribution in [1.29, 1.82) is 0 Å². The minimum atomic E-state index is -0.102. The van der Waals surface area contributed by atoms with Gasteiger partial charge in [0.1, 0.15) is 5.82 Å². The molecule has 30 heavy (non-hydrogen) atoms. The molecule has 2 fully saturated rings. The molecule has 5 rings (SSSR count). The number of nitrogens with zero attached hydrogens (tertiary/aromatic N) is 5. The Morgan fingerprint density at radius 3 is 2.67 bits per heavy atom. The quantitative estimate of drug-likeness (QED) is 0.667. The van der Waals surface area contributed by atoms with Gasteiger partial charge in [-0.05, 0) is 44.4 Å². The maximum Gasteiger partial charge on any atom is 0.268 e. The van der Waals surface area contributed by atoms with Crippen LogP contribution in [0.15, 0.2) is 46.2 Å². The molecule has 3 heterocycles. The second kappa shape index (κ2) is 7.80. The lowest BCUT2D eigenvalue weighted by Crippen LogP contribution is -2.34. The predicted octanol–water partition coefficient (Wildman–Crippen LogP) is 2.94. The second-order valence-corrected chi connectivity index (χ2v) is 8.52. The largest absolute Gasteiger partial charge is 0.312 e. The van der Waals surface area contributed by atoms with Crippen molar-refractivity contribution in [2.24, 2.45) is 7.05 Å². The van der Waals surface area contributed by atoms with Crippen LogP contribution in [0.3, 0.4) is 0 Å². The highest BCUT2D eigenvalue weighted by atomic mass is 16.1. The van der Waals surface area contributed by atoms with E-state index in [0.717, 1.165) is 62.1 Å². The van der Waals surface area contributed by atoms with Crippen LogP contribution >= 0.6 is 0 Å². The van der Waals surface area contributed by atoms with Gasteiger partial charge < -0.3 is 4.57 Å². The Labute approximate surface area is 175 Å². The molecule has 0 bridgehead atoms. The number of aromatic nitrogens is 4. The first-order valence-electron chi connectivity index (χ1n) is 10.9. The summed E-state index contributed by atoms with van der Waals surface area (Å²) in [6, 6.07) is 7.97. The van der Waals surface area contributed by atoms with Crippen LogP contribution in [0.4, 0.5) is 0 Å². The van der Waals surface area contributed by atoms with E-state index in [0.29, 0.717) is 11.9 Å². The Balaban J connectivity index is 1.60. The van der Waals surface area contributed by atoms with Gasteiger partial charge in [0.05, 0.1) is 28.8 Å². The first kappa shape index (κ1) is 19.2. The van der Waals surface area contributed by atoms with Gasteiger partial charge >= 0.3 is 0 Å². The molecule has 156 valence electrons. The minimum Gasteiger partial charge on any atom is -0.312 e. The van der Waals surface area contributed by atoms with E-state index >= 15 is 0 Å². The number of likely N-dealkylation sites (tertiary alicyclic amines) is 1. The lowest BCUT2D eigenvalue weighted by atomic mass is 10.1. The average molecular weight is 406 g/mol. The molecular formula is C23H27N5O2. The third kappa shape index (κ3) is 3.27. The van der Waals surface area contributed by atoms with E-state index in [1.54, 1.807) is 17.8 Å². The fourth-order valence-electron chi connectivity index (χ4n) is 5.08. The Morgan fingerprint density at radius 2 is 1.83 bits per heavy atom. The van der Waals surface area contributed by atoms with Gasteiger partial charge in [-0.1, -0.05) is 25.0 Å². The van der Waals surface area contributed by atoms with Crippen LogP contribution in [-0.2, 0) is 13.6 Å². The lowest BCUT2D eigenvalue weighted by molar-refractivity contribution is 0.223. The first-order chi connectivity index (χ1) is 14.6. The minimum absolute atomic E-state index is 0.0678. The van der Waals surface area contributed by atoms with Crippen molar-refractivity contribution in [1.82, 2.24) is 24.0 Å². The van der Waals surface area contributed by atoms with Gasteiger partial charge in [0.25, 0.3) is 11.1 Å². The standard InChI is InChI=1S/C23H27N5O2/c1-26-17(13-24-14-21(26)29)15-27-12-6-11-20(27)22-25-19-10-5-4-9-18(19)23(30)28(22)16-7-2-3-8-16/h4-5,9-10,13-14,16,20H,2-3,6-8,11-12,15H2,1H3. The third-order valence-electron chi connectivity index (χ3n) is 6.72. The Morgan fingerprint density at radius 1 is 1.03 bits per heavy atom. The topological polar surface area (TPSA) is 73.0 Å². The monoisotopic (exact) mass is 405 g/mol. The molecule has 1 aliphatic carbocycles. The smallest absolute Gasteiger partial charge is 0.268 e. The summed E-state index contributed by atoms with van der Waals surface area (Å²) in [6.07, 6.45) is 9.51. The summed E-state index contributed by atoms with van der Waals surface area (Å²) in [7, 11) is 1.78. The summed E-state index contributed by atoms with van der Waals surface area (Å²) >= 11 is 0. The molecule has 1 aliphatic heterocycles. The van der Waals surface area contributed by atoms with Crippen LogP contribution < -0.4 is 11.1 Å². The Bertz CT molecular complexity index is 1190. The van der Waals surface area contributed by atoms with Crippen molar-refractivity contribution < 1.29 is 0 Å². The van der Waals surface area contributed by atoms with Gasteiger partial charge in [-0.25, -0.2) is 4.98 Å². The summed E-state index contributed by atoms with van der Waals surface area (Å²) in [5, 5.41) is 0.701. The normalized spacial score (nSPS) is 20.4. The number of hydrogen-bond donors (Lipinski definition) is 0. The van der Waals surface area contributed by atoms with Crippen LogP contribution in [0.1, 0.15) is 62.1 Å².